The molecule has 6 heteroatoms. The van der Waals surface area contributed by atoms with Crippen molar-refractivity contribution in [2.24, 2.45) is 5.10 Å². The summed E-state index contributed by atoms with van der Waals surface area (Å²) < 4.78 is 5.33. The second kappa shape index (κ2) is 7.99. The Morgan fingerprint density at radius 3 is 2.48 bits per heavy atom. The van der Waals surface area contributed by atoms with Gasteiger partial charge in [0.25, 0.3) is 5.91 Å². The molecule has 2 aromatic carbocycles. The van der Waals surface area contributed by atoms with Gasteiger partial charge >= 0.3 is 0 Å². The standard InChI is InChI=1S/C17H16Cl2N2O2/c1-3-23-14-7-4-12(5-8-14)17(22)21-20-11(2)15-9-6-13(18)10-16(15)19/h4-10H,3H2,1-2H3,(H,21,22)/b20-11-. The normalized spacial score (nSPS) is 11.2. The Kier molecular flexibility index (Phi) is 6.02. The molecule has 0 aliphatic heterocycles. The van der Waals surface area contributed by atoms with Crippen LogP contribution in [0.1, 0.15) is 29.8 Å². The zero-order valence-electron chi connectivity index (χ0n) is 12.8. The van der Waals surface area contributed by atoms with Gasteiger partial charge in [0.05, 0.1) is 17.3 Å². The lowest BCUT2D eigenvalue weighted by Crippen LogP contribution is -2.19. The number of carbonyl (C=O) groups excluding carboxylic acids is 1. The van der Waals surface area contributed by atoms with Crippen molar-refractivity contribution in [3.05, 3.63) is 63.6 Å². The van der Waals surface area contributed by atoms with E-state index >= 15 is 0 Å². The van der Waals surface area contributed by atoms with Crippen LogP contribution in [0.15, 0.2) is 47.6 Å². The number of amides is 1. The first kappa shape index (κ1) is 17.3. The van der Waals surface area contributed by atoms with Crippen LogP contribution in [-0.2, 0) is 0 Å². The molecule has 0 aromatic heterocycles. The van der Waals surface area contributed by atoms with E-state index in [1.165, 1.54) is 0 Å². The Morgan fingerprint density at radius 1 is 1.17 bits per heavy atom. The summed E-state index contributed by atoms with van der Waals surface area (Å²) in [5.41, 5.74) is 4.30. The van der Waals surface area contributed by atoms with Gasteiger partial charge in [-0.05, 0) is 50.2 Å². The lowest BCUT2D eigenvalue weighted by molar-refractivity contribution is 0.0955. The van der Waals surface area contributed by atoms with Crippen LogP contribution in [0.5, 0.6) is 5.75 Å². The summed E-state index contributed by atoms with van der Waals surface area (Å²) in [6, 6.07) is 11.9. The van der Waals surface area contributed by atoms with Crippen LogP contribution < -0.4 is 10.2 Å². The molecule has 0 saturated carbocycles. The molecule has 2 aromatic rings. The highest BCUT2D eigenvalue weighted by atomic mass is 35.5. The SMILES string of the molecule is CCOc1ccc(C(=O)N/N=C(/C)c2ccc(Cl)cc2Cl)cc1. The van der Waals surface area contributed by atoms with Crippen LogP contribution in [0.2, 0.25) is 10.0 Å². The van der Waals surface area contributed by atoms with Gasteiger partial charge in [0.15, 0.2) is 0 Å². The molecule has 0 aliphatic rings. The maximum absolute atomic E-state index is 12.1. The van der Waals surface area contributed by atoms with Gasteiger partial charge in [-0.15, -0.1) is 0 Å². The summed E-state index contributed by atoms with van der Waals surface area (Å²) in [5, 5.41) is 5.11. The number of nitrogens with zero attached hydrogens (tertiary/aromatic N) is 1. The molecule has 120 valence electrons. The number of rotatable bonds is 5. The minimum Gasteiger partial charge on any atom is -0.494 e. The van der Waals surface area contributed by atoms with Gasteiger partial charge < -0.3 is 4.74 Å². The van der Waals surface area contributed by atoms with Gasteiger partial charge in [-0.1, -0.05) is 29.3 Å². The number of carbonyl (C=O) groups is 1. The molecule has 2 rings (SSSR count). The Bertz CT molecular complexity index is 728. The zero-order valence-corrected chi connectivity index (χ0v) is 14.3. The molecule has 0 heterocycles. The lowest BCUT2D eigenvalue weighted by Gasteiger charge is -2.06. The summed E-state index contributed by atoms with van der Waals surface area (Å²) in [4.78, 5) is 12.1. The second-order valence-electron chi connectivity index (χ2n) is 4.72. The first-order chi connectivity index (χ1) is 11.0. The molecule has 0 fully saturated rings. The van der Waals surface area contributed by atoms with Crippen LogP contribution in [0, 0.1) is 0 Å². The van der Waals surface area contributed by atoms with E-state index in [0.717, 1.165) is 5.75 Å². The summed E-state index contributed by atoms with van der Waals surface area (Å²) in [5.74, 6) is 0.411. The van der Waals surface area contributed by atoms with Gasteiger partial charge in [0, 0.05) is 16.1 Å². The molecule has 4 nitrogen and oxygen atoms in total. The predicted octanol–water partition coefficient (Wildman–Crippen LogP) is 4.55. The molecule has 0 atom stereocenters. The van der Waals surface area contributed by atoms with E-state index in [2.05, 4.69) is 10.5 Å². The minimum absolute atomic E-state index is 0.308. The van der Waals surface area contributed by atoms with Gasteiger partial charge in [-0.25, -0.2) is 5.43 Å². The topological polar surface area (TPSA) is 50.7 Å². The van der Waals surface area contributed by atoms with Gasteiger partial charge in [0.2, 0.25) is 0 Å². The highest BCUT2D eigenvalue weighted by Gasteiger charge is 2.07. The fourth-order valence-corrected chi connectivity index (χ4v) is 2.46. The Hall–Kier alpha value is -2.04. The molecule has 0 radical (unpaired) electrons. The maximum atomic E-state index is 12.1. The summed E-state index contributed by atoms with van der Waals surface area (Å²) >= 11 is 12.0. The molecular weight excluding hydrogens is 335 g/mol. The lowest BCUT2D eigenvalue weighted by atomic mass is 10.1. The van der Waals surface area contributed by atoms with E-state index in [4.69, 9.17) is 27.9 Å². The number of ether oxygens (including phenoxy) is 1. The van der Waals surface area contributed by atoms with Crippen molar-refractivity contribution in [1.82, 2.24) is 5.43 Å². The van der Waals surface area contributed by atoms with E-state index in [9.17, 15) is 4.79 Å². The first-order valence-corrected chi connectivity index (χ1v) is 7.79. The number of nitrogens with one attached hydrogen (secondary N) is 1. The Morgan fingerprint density at radius 2 is 1.87 bits per heavy atom. The summed E-state index contributed by atoms with van der Waals surface area (Å²) in [6.45, 7) is 4.24. The van der Waals surface area contributed by atoms with Crippen molar-refractivity contribution in [1.29, 1.82) is 0 Å². The van der Waals surface area contributed by atoms with Crippen molar-refractivity contribution in [3.63, 3.8) is 0 Å². The molecule has 1 amide bonds. The number of halogens is 2. The number of hydrazone groups is 1. The number of hydrogen-bond donors (Lipinski definition) is 1. The average Bonchev–Trinajstić information content (AvgIpc) is 2.53. The first-order valence-electron chi connectivity index (χ1n) is 7.04. The van der Waals surface area contributed by atoms with E-state index in [0.29, 0.717) is 33.5 Å². The monoisotopic (exact) mass is 350 g/mol. The van der Waals surface area contributed by atoms with Gasteiger partial charge in [0.1, 0.15) is 5.75 Å². The third kappa shape index (κ3) is 4.71. The molecule has 0 unspecified atom stereocenters. The summed E-state index contributed by atoms with van der Waals surface area (Å²) in [6.07, 6.45) is 0. The van der Waals surface area contributed by atoms with Crippen molar-refractivity contribution < 1.29 is 9.53 Å². The Balaban J connectivity index is 2.07. The molecule has 23 heavy (non-hydrogen) atoms. The van der Waals surface area contributed by atoms with Gasteiger partial charge in [-0.3, -0.25) is 4.79 Å². The predicted molar refractivity (Wildman–Crippen MR) is 93.8 cm³/mol. The second-order valence-corrected chi connectivity index (χ2v) is 5.56. The molecule has 1 N–H and O–H groups in total. The zero-order chi connectivity index (χ0) is 16.8. The van der Waals surface area contributed by atoms with Crippen LogP contribution in [0.4, 0.5) is 0 Å². The van der Waals surface area contributed by atoms with E-state index in [-0.39, 0.29) is 5.91 Å². The van der Waals surface area contributed by atoms with E-state index in [1.54, 1.807) is 49.4 Å². The van der Waals surface area contributed by atoms with Crippen LogP contribution in [-0.4, -0.2) is 18.2 Å². The fourth-order valence-electron chi connectivity index (χ4n) is 1.91. The fraction of sp³-hybridized carbons (Fsp3) is 0.176. The van der Waals surface area contributed by atoms with Crippen molar-refractivity contribution in [3.8, 4) is 5.75 Å². The largest absolute Gasteiger partial charge is 0.494 e. The third-order valence-electron chi connectivity index (χ3n) is 3.07. The number of hydrogen-bond acceptors (Lipinski definition) is 3. The van der Waals surface area contributed by atoms with Gasteiger partial charge in [-0.2, -0.15) is 5.10 Å². The maximum Gasteiger partial charge on any atom is 0.271 e. The van der Waals surface area contributed by atoms with Crippen molar-refractivity contribution in [2.75, 3.05) is 6.61 Å². The Labute approximate surface area is 145 Å². The van der Waals surface area contributed by atoms with E-state index < -0.39 is 0 Å². The number of benzene rings is 2. The van der Waals surface area contributed by atoms with Crippen LogP contribution in [0.25, 0.3) is 0 Å². The molecule has 0 spiro atoms. The van der Waals surface area contributed by atoms with Crippen molar-refractivity contribution in [2.45, 2.75) is 13.8 Å². The minimum atomic E-state index is -0.308. The highest BCUT2D eigenvalue weighted by Crippen LogP contribution is 2.21. The van der Waals surface area contributed by atoms with Crippen molar-refractivity contribution >= 4 is 34.8 Å². The quantitative estimate of drug-likeness (QED) is 0.635. The molecule has 0 bridgehead atoms. The molecule has 0 saturated heterocycles. The van der Waals surface area contributed by atoms with Crippen LogP contribution >= 0.6 is 23.2 Å². The average molecular weight is 351 g/mol. The highest BCUT2D eigenvalue weighted by molar-refractivity contribution is 6.37. The van der Waals surface area contributed by atoms with E-state index in [1.807, 2.05) is 6.92 Å². The van der Waals surface area contributed by atoms with Crippen LogP contribution in [0.3, 0.4) is 0 Å². The smallest absolute Gasteiger partial charge is 0.271 e. The summed E-state index contributed by atoms with van der Waals surface area (Å²) in [7, 11) is 0. The molecule has 0 aliphatic carbocycles. The molecular formula is C17H16Cl2N2O2. The third-order valence-corrected chi connectivity index (χ3v) is 3.62.